The van der Waals surface area contributed by atoms with E-state index in [4.69, 9.17) is 9.47 Å². The molecule has 0 amide bonds. The molecule has 2 heterocycles. The van der Waals surface area contributed by atoms with E-state index in [-0.39, 0.29) is 11.5 Å². The number of aromatic nitrogens is 3. The van der Waals surface area contributed by atoms with Gasteiger partial charge in [0.2, 0.25) is 0 Å². The van der Waals surface area contributed by atoms with Crippen LogP contribution in [0.5, 0.6) is 11.5 Å². The van der Waals surface area contributed by atoms with Crippen molar-refractivity contribution in [3.63, 3.8) is 0 Å². The summed E-state index contributed by atoms with van der Waals surface area (Å²) in [6.07, 6.45) is 3.74. The minimum absolute atomic E-state index is 0.00357. The van der Waals surface area contributed by atoms with Gasteiger partial charge in [0.25, 0.3) is 0 Å². The standard InChI is InChI=1S/C24H28N4O3S/c1-30-21-12-11-18(15-22(21)31-2)20(29)17-32-24-26-25-23(16-27-13-7-4-8-14-27)28(24)19-9-5-3-6-10-19/h3,5-6,9-12,15H,4,7-8,13-14,16-17H2,1-2H3. The predicted octanol–water partition coefficient (Wildman–Crippen LogP) is 4.25. The highest BCUT2D eigenvalue weighted by atomic mass is 32.2. The molecule has 0 N–H and O–H groups in total. The lowest BCUT2D eigenvalue weighted by Gasteiger charge is -2.26. The third-order valence-electron chi connectivity index (χ3n) is 5.57. The lowest BCUT2D eigenvalue weighted by molar-refractivity contribution is 0.102. The van der Waals surface area contributed by atoms with Crippen LogP contribution < -0.4 is 9.47 Å². The highest BCUT2D eigenvalue weighted by molar-refractivity contribution is 7.99. The Bertz CT molecular complexity index is 1050. The van der Waals surface area contributed by atoms with E-state index in [1.165, 1.54) is 31.0 Å². The van der Waals surface area contributed by atoms with Crippen molar-refractivity contribution < 1.29 is 14.3 Å². The van der Waals surface area contributed by atoms with E-state index in [1.54, 1.807) is 32.4 Å². The highest BCUT2D eigenvalue weighted by Gasteiger charge is 2.20. The van der Waals surface area contributed by atoms with Gasteiger partial charge in [-0.05, 0) is 56.3 Å². The van der Waals surface area contributed by atoms with Gasteiger partial charge in [0.15, 0.2) is 28.3 Å². The van der Waals surface area contributed by atoms with Gasteiger partial charge in [0.05, 0.1) is 26.5 Å². The van der Waals surface area contributed by atoms with Crippen LogP contribution >= 0.6 is 11.8 Å². The van der Waals surface area contributed by atoms with Gasteiger partial charge in [-0.2, -0.15) is 0 Å². The fraction of sp³-hybridized carbons (Fsp3) is 0.375. The molecule has 32 heavy (non-hydrogen) atoms. The van der Waals surface area contributed by atoms with E-state index in [0.717, 1.165) is 36.3 Å². The van der Waals surface area contributed by atoms with Crippen LogP contribution in [0.25, 0.3) is 5.69 Å². The van der Waals surface area contributed by atoms with Gasteiger partial charge in [0, 0.05) is 11.3 Å². The van der Waals surface area contributed by atoms with E-state index in [2.05, 4.69) is 19.7 Å². The number of hydrogen-bond acceptors (Lipinski definition) is 7. The van der Waals surface area contributed by atoms with E-state index in [9.17, 15) is 4.79 Å². The zero-order valence-electron chi connectivity index (χ0n) is 18.5. The minimum Gasteiger partial charge on any atom is -0.493 e. The van der Waals surface area contributed by atoms with Gasteiger partial charge in [-0.1, -0.05) is 36.4 Å². The number of ether oxygens (including phenoxy) is 2. The number of carbonyl (C=O) groups excluding carboxylic acids is 1. The van der Waals surface area contributed by atoms with Gasteiger partial charge < -0.3 is 9.47 Å². The van der Waals surface area contributed by atoms with Crippen LogP contribution in [-0.4, -0.2) is 58.5 Å². The summed E-state index contributed by atoms with van der Waals surface area (Å²) in [5.41, 5.74) is 1.58. The first kappa shape index (κ1) is 22.4. The molecule has 3 aromatic rings. The molecule has 168 valence electrons. The van der Waals surface area contributed by atoms with Crippen molar-refractivity contribution in [2.45, 2.75) is 31.0 Å². The Labute approximate surface area is 192 Å². The van der Waals surface area contributed by atoms with Crippen LogP contribution in [0.3, 0.4) is 0 Å². The number of hydrogen-bond donors (Lipinski definition) is 0. The lowest BCUT2D eigenvalue weighted by Crippen LogP contribution is -2.30. The average molecular weight is 453 g/mol. The fourth-order valence-electron chi connectivity index (χ4n) is 3.87. The number of benzene rings is 2. The molecule has 0 radical (unpaired) electrons. The Morgan fingerprint density at radius 3 is 2.44 bits per heavy atom. The molecule has 0 unspecified atom stereocenters. The maximum absolute atomic E-state index is 12.9. The number of methoxy groups -OCH3 is 2. The Kier molecular flexibility index (Phi) is 7.44. The zero-order valence-corrected chi connectivity index (χ0v) is 19.3. The summed E-state index contributed by atoms with van der Waals surface area (Å²) in [5.74, 6) is 2.29. The normalized spacial score (nSPS) is 14.3. The van der Waals surface area contributed by atoms with Gasteiger partial charge in [-0.15, -0.1) is 10.2 Å². The van der Waals surface area contributed by atoms with Gasteiger partial charge in [-0.3, -0.25) is 14.3 Å². The van der Waals surface area contributed by atoms with Crippen molar-refractivity contribution >= 4 is 17.5 Å². The third-order valence-corrected chi connectivity index (χ3v) is 6.50. The van der Waals surface area contributed by atoms with Crippen molar-refractivity contribution in [3.05, 3.63) is 59.9 Å². The third kappa shape index (κ3) is 5.14. The Hall–Kier alpha value is -2.84. The summed E-state index contributed by atoms with van der Waals surface area (Å²) in [5, 5.41) is 9.65. The molecule has 7 nitrogen and oxygen atoms in total. The molecule has 0 atom stereocenters. The van der Waals surface area contributed by atoms with Crippen molar-refractivity contribution in [2.75, 3.05) is 33.1 Å². The van der Waals surface area contributed by atoms with Crippen molar-refractivity contribution in [3.8, 4) is 17.2 Å². The second-order valence-corrected chi connectivity index (χ2v) is 8.63. The largest absolute Gasteiger partial charge is 0.493 e. The Morgan fingerprint density at radius 1 is 0.969 bits per heavy atom. The number of ketones is 1. The summed E-state index contributed by atoms with van der Waals surface area (Å²) in [6, 6.07) is 15.3. The highest BCUT2D eigenvalue weighted by Crippen LogP contribution is 2.29. The molecule has 1 fully saturated rings. The fourth-order valence-corrected chi connectivity index (χ4v) is 4.74. The first-order chi connectivity index (χ1) is 15.7. The van der Waals surface area contributed by atoms with Crippen LogP contribution in [-0.2, 0) is 6.54 Å². The van der Waals surface area contributed by atoms with E-state index in [1.807, 2.05) is 30.3 Å². The Balaban J connectivity index is 1.53. The van der Waals surface area contributed by atoms with Crippen LogP contribution in [0.1, 0.15) is 35.4 Å². The van der Waals surface area contributed by atoms with E-state index < -0.39 is 0 Å². The number of thioether (sulfide) groups is 1. The molecule has 0 spiro atoms. The molecule has 1 aliphatic heterocycles. The summed E-state index contributed by atoms with van der Waals surface area (Å²) < 4.78 is 12.7. The molecule has 2 aromatic carbocycles. The van der Waals surface area contributed by atoms with Crippen LogP contribution in [0, 0.1) is 0 Å². The van der Waals surface area contributed by atoms with Crippen LogP contribution in [0.4, 0.5) is 0 Å². The lowest BCUT2D eigenvalue weighted by atomic mass is 10.1. The van der Waals surface area contributed by atoms with Gasteiger partial charge in [0.1, 0.15) is 0 Å². The Morgan fingerprint density at radius 2 is 1.72 bits per heavy atom. The first-order valence-electron chi connectivity index (χ1n) is 10.8. The molecule has 1 saturated heterocycles. The smallest absolute Gasteiger partial charge is 0.196 e. The average Bonchev–Trinajstić information content (AvgIpc) is 3.25. The number of rotatable bonds is 9. The molecule has 0 saturated carbocycles. The predicted molar refractivity (Wildman–Crippen MR) is 125 cm³/mol. The van der Waals surface area contributed by atoms with E-state index >= 15 is 0 Å². The summed E-state index contributed by atoms with van der Waals surface area (Å²) in [7, 11) is 3.14. The number of carbonyl (C=O) groups is 1. The monoisotopic (exact) mass is 452 g/mol. The van der Waals surface area contributed by atoms with Gasteiger partial charge >= 0.3 is 0 Å². The molecule has 4 rings (SSSR count). The maximum atomic E-state index is 12.9. The number of likely N-dealkylation sites (tertiary alicyclic amines) is 1. The van der Waals surface area contributed by atoms with E-state index in [0.29, 0.717) is 17.1 Å². The number of para-hydroxylation sites is 1. The van der Waals surface area contributed by atoms with Gasteiger partial charge in [-0.25, -0.2) is 0 Å². The molecule has 0 aliphatic carbocycles. The number of Topliss-reactive ketones (excluding diaryl/α,β-unsaturated/α-hetero) is 1. The molecular formula is C24H28N4O3S. The van der Waals surface area contributed by atoms with Crippen LogP contribution in [0.15, 0.2) is 53.7 Å². The number of nitrogens with zero attached hydrogens (tertiary/aromatic N) is 4. The summed E-state index contributed by atoms with van der Waals surface area (Å²) >= 11 is 1.40. The molecular weight excluding hydrogens is 424 g/mol. The zero-order chi connectivity index (χ0) is 22.3. The molecule has 8 heteroatoms. The maximum Gasteiger partial charge on any atom is 0.196 e. The topological polar surface area (TPSA) is 69.5 Å². The molecule has 1 aliphatic rings. The second kappa shape index (κ2) is 10.7. The minimum atomic E-state index is -0.00357. The number of piperidine rings is 1. The second-order valence-electron chi connectivity index (χ2n) is 7.69. The first-order valence-corrected chi connectivity index (χ1v) is 11.8. The van der Waals surface area contributed by atoms with Crippen LogP contribution in [0.2, 0.25) is 0 Å². The quantitative estimate of drug-likeness (QED) is 0.355. The molecule has 1 aromatic heterocycles. The summed E-state index contributed by atoms with van der Waals surface area (Å²) in [6.45, 7) is 2.93. The van der Waals surface area contributed by atoms with Crippen molar-refractivity contribution in [1.82, 2.24) is 19.7 Å². The van der Waals surface area contributed by atoms with Crippen molar-refractivity contribution in [2.24, 2.45) is 0 Å². The molecule has 0 bridgehead atoms. The van der Waals surface area contributed by atoms with Crippen molar-refractivity contribution in [1.29, 1.82) is 0 Å². The summed E-state index contributed by atoms with van der Waals surface area (Å²) in [4.78, 5) is 15.3. The SMILES string of the molecule is COc1ccc(C(=O)CSc2nnc(CN3CCCCC3)n2-c2ccccc2)cc1OC.